The first-order valence-electron chi connectivity index (χ1n) is 11.1. The van der Waals surface area contributed by atoms with E-state index in [-0.39, 0.29) is 34.8 Å². The van der Waals surface area contributed by atoms with E-state index in [1.807, 2.05) is 0 Å². The van der Waals surface area contributed by atoms with E-state index in [9.17, 15) is 18.0 Å². The molecule has 2 amide bonds. The molecule has 2 N–H and O–H groups in total. The number of benzene rings is 2. The maximum Gasteiger partial charge on any atom is 0.251 e. The highest BCUT2D eigenvalue weighted by atomic mass is 32.2. The monoisotopic (exact) mass is 471 g/mol. The molecule has 33 heavy (non-hydrogen) atoms. The summed E-state index contributed by atoms with van der Waals surface area (Å²) in [5, 5.41) is 5.75. The summed E-state index contributed by atoms with van der Waals surface area (Å²) in [4.78, 5) is 24.2. The average molecular weight is 472 g/mol. The minimum Gasteiger partial charge on any atom is -0.497 e. The first kappa shape index (κ1) is 23.3. The molecule has 2 bridgehead atoms. The van der Waals surface area contributed by atoms with Crippen molar-refractivity contribution in [2.24, 2.45) is 0 Å². The molecule has 2 heterocycles. The van der Waals surface area contributed by atoms with Gasteiger partial charge in [0, 0.05) is 36.3 Å². The number of nitrogens with one attached hydrogen (secondary N) is 2. The highest BCUT2D eigenvalue weighted by Crippen LogP contribution is 2.38. The molecule has 0 unspecified atom stereocenters. The second-order valence-electron chi connectivity index (χ2n) is 8.65. The summed E-state index contributed by atoms with van der Waals surface area (Å²) in [5.74, 6) is 0.227. The van der Waals surface area contributed by atoms with E-state index in [0.29, 0.717) is 29.8 Å². The van der Waals surface area contributed by atoms with Gasteiger partial charge in [0.1, 0.15) is 5.75 Å². The van der Waals surface area contributed by atoms with E-state index in [1.54, 1.807) is 47.8 Å². The number of ether oxygens (including phenoxy) is 1. The number of anilines is 1. The first-order chi connectivity index (χ1) is 15.8. The van der Waals surface area contributed by atoms with Crippen molar-refractivity contribution < 1.29 is 22.7 Å². The minimum atomic E-state index is -3.69. The van der Waals surface area contributed by atoms with E-state index in [0.717, 1.165) is 19.3 Å². The van der Waals surface area contributed by atoms with Crippen molar-refractivity contribution in [2.45, 2.75) is 62.0 Å². The Bertz CT molecular complexity index is 1120. The van der Waals surface area contributed by atoms with Gasteiger partial charge in [-0.05, 0) is 68.1 Å². The molecule has 0 aromatic heterocycles. The van der Waals surface area contributed by atoms with Crippen LogP contribution in [0.25, 0.3) is 0 Å². The van der Waals surface area contributed by atoms with Crippen molar-refractivity contribution in [1.82, 2.24) is 9.62 Å². The van der Waals surface area contributed by atoms with Gasteiger partial charge in [0.05, 0.1) is 12.0 Å². The van der Waals surface area contributed by atoms with Crippen LogP contribution in [0, 0.1) is 0 Å². The quantitative estimate of drug-likeness (QED) is 0.673. The van der Waals surface area contributed by atoms with E-state index in [2.05, 4.69) is 10.6 Å². The minimum absolute atomic E-state index is 0.0902. The fourth-order valence-electron chi connectivity index (χ4n) is 4.92. The number of carbonyl (C=O) groups excluding carboxylic acids is 2. The van der Waals surface area contributed by atoms with Crippen molar-refractivity contribution >= 4 is 27.5 Å². The maximum atomic E-state index is 13.5. The molecule has 176 valence electrons. The lowest BCUT2D eigenvalue weighted by Crippen LogP contribution is -2.58. The molecule has 2 saturated heterocycles. The van der Waals surface area contributed by atoms with Gasteiger partial charge in [-0.2, -0.15) is 4.31 Å². The number of sulfonamides is 1. The topological polar surface area (TPSA) is 105 Å². The van der Waals surface area contributed by atoms with Gasteiger partial charge < -0.3 is 15.4 Å². The molecular formula is C24H29N3O5S. The Hall–Kier alpha value is -2.91. The van der Waals surface area contributed by atoms with Gasteiger partial charge in [0.25, 0.3) is 5.91 Å². The second-order valence-corrected chi connectivity index (χ2v) is 10.5. The third-order valence-electron chi connectivity index (χ3n) is 6.32. The Morgan fingerprint density at radius 2 is 1.70 bits per heavy atom. The average Bonchev–Trinajstić information content (AvgIpc) is 2.78. The third kappa shape index (κ3) is 5.04. The Balaban J connectivity index is 1.49. The molecule has 0 saturated carbocycles. The number of methoxy groups -OCH3 is 1. The summed E-state index contributed by atoms with van der Waals surface area (Å²) in [6, 6.07) is 12.9. The molecule has 2 aromatic rings. The van der Waals surface area contributed by atoms with E-state index in [4.69, 9.17) is 4.74 Å². The molecular weight excluding hydrogens is 442 g/mol. The van der Waals surface area contributed by atoms with Gasteiger partial charge in [0.2, 0.25) is 15.9 Å². The predicted octanol–water partition coefficient (Wildman–Crippen LogP) is 3.16. The lowest BCUT2D eigenvalue weighted by molar-refractivity contribution is -0.114. The van der Waals surface area contributed by atoms with Gasteiger partial charge in [-0.25, -0.2) is 8.42 Å². The summed E-state index contributed by atoms with van der Waals surface area (Å²) in [6.07, 6.45) is 3.67. The zero-order valence-electron chi connectivity index (χ0n) is 18.8. The van der Waals surface area contributed by atoms with Crippen molar-refractivity contribution in [3.05, 3.63) is 54.1 Å². The van der Waals surface area contributed by atoms with E-state index in [1.165, 1.54) is 19.1 Å². The van der Waals surface area contributed by atoms with Crippen LogP contribution in [-0.2, 0) is 14.8 Å². The second kappa shape index (κ2) is 9.52. The van der Waals surface area contributed by atoms with Gasteiger partial charge >= 0.3 is 0 Å². The Morgan fingerprint density at radius 3 is 2.30 bits per heavy atom. The lowest BCUT2D eigenvalue weighted by atomic mass is 9.84. The fourth-order valence-corrected chi connectivity index (χ4v) is 6.81. The van der Waals surface area contributed by atoms with Crippen LogP contribution >= 0.6 is 0 Å². The van der Waals surface area contributed by atoms with Crippen LogP contribution in [0.1, 0.15) is 49.4 Å². The number of fused-ring (bicyclic) bond motifs is 2. The van der Waals surface area contributed by atoms with Crippen molar-refractivity contribution in [3.8, 4) is 5.75 Å². The number of hydrogen-bond acceptors (Lipinski definition) is 5. The molecule has 2 aromatic carbocycles. The number of nitrogens with zero attached hydrogens (tertiary/aromatic N) is 1. The Morgan fingerprint density at radius 1 is 1.03 bits per heavy atom. The summed E-state index contributed by atoms with van der Waals surface area (Å²) in [6.45, 7) is 1.41. The molecule has 2 fully saturated rings. The third-order valence-corrected chi connectivity index (χ3v) is 8.34. The van der Waals surface area contributed by atoms with Crippen LogP contribution in [-0.4, -0.2) is 49.8 Å². The fraction of sp³-hybridized carbons (Fsp3) is 0.417. The van der Waals surface area contributed by atoms with Crippen molar-refractivity contribution in [1.29, 1.82) is 0 Å². The van der Waals surface area contributed by atoms with Crippen LogP contribution in [0.3, 0.4) is 0 Å². The summed E-state index contributed by atoms with van der Waals surface area (Å²) in [5.41, 5.74) is 1.08. The zero-order chi connectivity index (χ0) is 23.6. The molecule has 4 rings (SSSR count). The zero-order valence-corrected chi connectivity index (χ0v) is 19.6. The van der Waals surface area contributed by atoms with Crippen LogP contribution in [0.5, 0.6) is 5.75 Å². The van der Waals surface area contributed by atoms with E-state index < -0.39 is 10.0 Å². The van der Waals surface area contributed by atoms with Gasteiger partial charge in [-0.15, -0.1) is 0 Å². The molecule has 0 spiro atoms. The molecule has 8 nitrogen and oxygen atoms in total. The van der Waals surface area contributed by atoms with Crippen LogP contribution in [0.4, 0.5) is 5.69 Å². The predicted molar refractivity (Wildman–Crippen MR) is 125 cm³/mol. The largest absolute Gasteiger partial charge is 0.497 e. The molecule has 0 aliphatic carbocycles. The van der Waals surface area contributed by atoms with Crippen LogP contribution < -0.4 is 15.4 Å². The SMILES string of the molecule is COc1cccc(C(=O)NC2C[C@@H]3CCC[C@@H](C2)N3S(=O)(=O)c2ccc(NC(C)=O)cc2)c1. The normalized spacial score (nSPS) is 22.9. The summed E-state index contributed by atoms with van der Waals surface area (Å²) >= 11 is 0. The number of carbonyl (C=O) groups is 2. The standard InChI is InChI=1S/C24H29N3O5S/c1-16(28)25-18-9-11-23(12-10-18)33(30,31)27-20-6-4-7-21(27)15-19(14-20)26-24(29)17-5-3-8-22(13-17)32-2/h3,5,8-13,19-21H,4,6-7,14-15H2,1-2H3,(H,25,28)(H,26,29)/t20-,21-/m0/s1. The van der Waals surface area contributed by atoms with Gasteiger partial charge in [0.15, 0.2) is 0 Å². The van der Waals surface area contributed by atoms with Crippen molar-refractivity contribution in [2.75, 3.05) is 12.4 Å². The highest BCUT2D eigenvalue weighted by molar-refractivity contribution is 7.89. The van der Waals surface area contributed by atoms with Crippen molar-refractivity contribution in [3.63, 3.8) is 0 Å². The summed E-state index contributed by atoms with van der Waals surface area (Å²) < 4.78 is 33.8. The smallest absolute Gasteiger partial charge is 0.251 e. The lowest BCUT2D eigenvalue weighted by Gasteiger charge is -2.47. The van der Waals surface area contributed by atoms with E-state index >= 15 is 0 Å². The van der Waals surface area contributed by atoms with Gasteiger partial charge in [-0.3, -0.25) is 9.59 Å². The van der Waals surface area contributed by atoms with Gasteiger partial charge in [-0.1, -0.05) is 12.5 Å². The molecule has 2 aliphatic rings. The molecule has 2 atom stereocenters. The number of rotatable bonds is 6. The molecule has 0 radical (unpaired) electrons. The Kier molecular flexibility index (Phi) is 6.71. The first-order valence-corrected chi connectivity index (χ1v) is 12.6. The number of hydrogen-bond donors (Lipinski definition) is 2. The van der Waals surface area contributed by atoms with Crippen LogP contribution in [0.2, 0.25) is 0 Å². The molecule has 9 heteroatoms. The highest BCUT2D eigenvalue weighted by Gasteiger charge is 2.45. The number of amides is 2. The number of piperidine rings is 2. The van der Waals surface area contributed by atoms with Crippen LogP contribution in [0.15, 0.2) is 53.4 Å². The Labute approximate surface area is 194 Å². The molecule has 2 aliphatic heterocycles. The maximum absolute atomic E-state index is 13.5. The summed E-state index contributed by atoms with van der Waals surface area (Å²) in [7, 11) is -2.13.